The van der Waals surface area contributed by atoms with E-state index in [0.29, 0.717) is 25.3 Å². The molecule has 1 amide bonds. The fraction of sp³-hybridized carbons (Fsp3) is 0.727. The minimum absolute atomic E-state index is 0.160. The van der Waals surface area contributed by atoms with Crippen LogP contribution >= 0.6 is 11.8 Å². The van der Waals surface area contributed by atoms with Gasteiger partial charge in [-0.25, -0.2) is 0 Å². The van der Waals surface area contributed by atoms with E-state index in [1.807, 2.05) is 11.8 Å². The molecule has 0 spiro atoms. The molecule has 1 saturated heterocycles. The molecule has 2 rings (SSSR count). The molecule has 0 saturated carbocycles. The van der Waals surface area contributed by atoms with Gasteiger partial charge in [0.15, 0.2) is 5.69 Å². The highest BCUT2D eigenvalue weighted by atomic mass is 32.2. The molecule has 1 unspecified atom stereocenters. The Bertz CT molecular complexity index is 413. The van der Waals surface area contributed by atoms with Crippen molar-refractivity contribution < 1.29 is 4.79 Å². The molecule has 0 aromatic carbocycles. The third kappa shape index (κ3) is 3.23. The van der Waals surface area contributed by atoms with Crippen LogP contribution in [-0.4, -0.2) is 44.5 Å². The molecule has 2 heterocycles. The first kappa shape index (κ1) is 13.4. The first-order valence-electron chi connectivity index (χ1n) is 6.15. The zero-order valence-electron chi connectivity index (χ0n) is 10.6. The van der Waals surface area contributed by atoms with Crippen LogP contribution in [0.4, 0.5) is 0 Å². The smallest absolute Gasteiger partial charge is 0.273 e. The maximum Gasteiger partial charge on any atom is 0.273 e. The average molecular weight is 269 g/mol. The summed E-state index contributed by atoms with van der Waals surface area (Å²) >= 11 is 1.92. The van der Waals surface area contributed by atoms with E-state index in [1.165, 1.54) is 12.2 Å². The van der Waals surface area contributed by atoms with Crippen molar-refractivity contribution >= 4 is 17.7 Å². The summed E-state index contributed by atoms with van der Waals surface area (Å²) in [4.78, 5) is 11.9. The van der Waals surface area contributed by atoms with E-state index in [0.717, 1.165) is 6.42 Å². The molecule has 1 aromatic rings. The Labute approximate surface area is 111 Å². The fourth-order valence-electron chi connectivity index (χ4n) is 1.98. The van der Waals surface area contributed by atoms with Gasteiger partial charge in [0.05, 0.1) is 12.7 Å². The zero-order chi connectivity index (χ0) is 13.0. The van der Waals surface area contributed by atoms with Crippen molar-refractivity contribution in [2.75, 3.05) is 18.8 Å². The van der Waals surface area contributed by atoms with E-state index < -0.39 is 0 Å². The van der Waals surface area contributed by atoms with Crippen molar-refractivity contribution in [3.8, 4) is 0 Å². The topological polar surface area (TPSA) is 85.8 Å². The van der Waals surface area contributed by atoms with Gasteiger partial charge in [-0.3, -0.25) is 9.48 Å². The third-order valence-electron chi connectivity index (χ3n) is 3.05. The number of thioether (sulfide) groups is 1. The van der Waals surface area contributed by atoms with Gasteiger partial charge in [-0.05, 0) is 25.5 Å². The summed E-state index contributed by atoms with van der Waals surface area (Å²) in [5, 5.41) is 10.6. The number of nitrogens with one attached hydrogen (secondary N) is 1. The van der Waals surface area contributed by atoms with Crippen molar-refractivity contribution in [2.45, 2.75) is 31.1 Å². The standard InChI is InChI=1S/C11H19N5OS/c1-11(3-2-6-18-11)8-13-10(17)9-7-16(5-4-12)15-14-9/h7H,2-6,8,12H2,1H3,(H,13,17). The first-order chi connectivity index (χ1) is 8.63. The minimum atomic E-state index is -0.160. The summed E-state index contributed by atoms with van der Waals surface area (Å²) in [5.41, 5.74) is 5.77. The normalized spacial score (nSPS) is 23.2. The molecule has 0 radical (unpaired) electrons. The van der Waals surface area contributed by atoms with Crippen molar-refractivity contribution in [1.82, 2.24) is 20.3 Å². The van der Waals surface area contributed by atoms with Crippen LogP contribution < -0.4 is 11.1 Å². The Balaban J connectivity index is 1.87. The molecule has 0 bridgehead atoms. The van der Waals surface area contributed by atoms with Crippen LogP contribution in [-0.2, 0) is 6.54 Å². The summed E-state index contributed by atoms with van der Waals surface area (Å²) in [6, 6.07) is 0. The molecule has 1 fully saturated rings. The van der Waals surface area contributed by atoms with Crippen molar-refractivity contribution in [2.24, 2.45) is 5.73 Å². The number of amides is 1. The van der Waals surface area contributed by atoms with Crippen LogP contribution in [0.15, 0.2) is 6.20 Å². The first-order valence-corrected chi connectivity index (χ1v) is 7.14. The lowest BCUT2D eigenvalue weighted by molar-refractivity contribution is 0.0945. The van der Waals surface area contributed by atoms with Crippen LogP contribution in [0.25, 0.3) is 0 Å². The monoisotopic (exact) mass is 269 g/mol. The SMILES string of the molecule is CC1(CNC(=O)c2cn(CCN)nn2)CCCS1. The van der Waals surface area contributed by atoms with E-state index in [4.69, 9.17) is 5.73 Å². The predicted molar refractivity (Wildman–Crippen MR) is 71.5 cm³/mol. The van der Waals surface area contributed by atoms with Crippen molar-refractivity contribution in [1.29, 1.82) is 0 Å². The van der Waals surface area contributed by atoms with Crippen molar-refractivity contribution in [3.63, 3.8) is 0 Å². The summed E-state index contributed by atoms with van der Waals surface area (Å²) < 4.78 is 1.75. The molecular formula is C11H19N5OS. The summed E-state index contributed by atoms with van der Waals surface area (Å²) in [5.74, 6) is 1.02. The Kier molecular flexibility index (Phi) is 4.23. The molecule has 18 heavy (non-hydrogen) atoms. The largest absolute Gasteiger partial charge is 0.349 e. The van der Waals surface area contributed by atoms with Crippen LogP contribution in [0.2, 0.25) is 0 Å². The van der Waals surface area contributed by atoms with Crippen LogP contribution in [0.5, 0.6) is 0 Å². The minimum Gasteiger partial charge on any atom is -0.349 e. The molecule has 1 aliphatic rings. The van der Waals surface area contributed by atoms with Gasteiger partial charge in [0.1, 0.15) is 0 Å². The van der Waals surface area contributed by atoms with E-state index in [-0.39, 0.29) is 10.7 Å². The van der Waals surface area contributed by atoms with E-state index >= 15 is 0 Å². The molecule has 7 heteroatoms. The Morgan fingerprint density at radius 1 is 1.72 bits per heavy atom. The van der Waals surface area contributed by atoms with Gasteiger partial charge in [-0.15, -0.1) is 5.10 Å². The molecule has 6 nitrogen and oxygen atoms in total. The number of nitrogens with two attached hydrogens (primary N) is 1. The highest BCUT2D eigenvalue weighted by molar-refractivity contribution is 8.00. The van der Waals surface area contributed by atoms with Gasteiger partial charge in [0.2, 0.25) is 0 Å². The fourth-order valence-corrected chi connectivity index (χ4v) is 3.22. The number of hydrogen-bond acceptors (Lipinski definition) is 5. The molecule has 1 atom stereocenters. The molecule has 3 N–H and O–H groups in total. The van der Waals surface area contributed by atoms with Gasteiger partial charge in [0.25, 0.3) is 5.91 Å². The second-order valence-corrected chi connectivity index (χ2v) is 6.42. The average Bonchev–Trinajstić information content (AvgIpc) is 2.97. The second-order valence-electron chi connectivity index (χ2n) is 4.74. The van der Waals surface area contributed by atoms with E-state index in [1.54, 1.807) is 10.9 Å². The van der Waals surface area contributed by atoms with E-state index in [9.17, 15) is 4.79 Å². The van der Waals surface area contributed by atoms with E-state index in [2.05, 4.69) is 22.6 Å². The quantitative estimate of drug-likeness (QED) is 0.800. The Morgan fingerprint density at radius 2 is 2.56 bits per heavy atom. The highest BCUT2D eigenvalue weighted by Crippen LogP contribution is 2.36. The van der Waals surface area contributed by atoms with Gasteiger partial charge in [-0.2, -0.15) is 11.8 Å². The Hall–Kier alpha value is -1.08. The summed E-state index contributed by atoms with van der Waals surface area (Å²) in [7, 11) is 0. The molecule has 1 aromatic heterocycles. The summed E-state index contributed by atoms with van der Waals surface area (Å²) in [6.45, 7) is 3.93. The number of nitrogens with zero attached hydrogens (tertiary/aromatic N) is 3. The van der Waals surface area contributed by atoms with Gasteiger partial charge in [-0.1, -0.05) is 5.21 Å². The number of hydrogen-bond donors (Lipinski definition) is 2. The van der Waals surface area contributed by atoms with Gasteiger partial charge in [0, 0.05) is 17.8 Å². The zero-order valence-corrected chi connectivity index (χ0v) is 11.4. The van der Waals surface area contributed by atoms with Gasteiger partial charge < -0.3 is 11.1 Å². The number of carbonyl (C=O) groups is 1. The maximum absolute atomic E-state index is 11.9. The predicted octanol–water partition coefficient (Wildman–Crippen LogP) is 0.252. The second kappa shape index (κ2) is 5.71. The number of rotatable bonds is 5. The summed E-state index contributed by atoms with van der Waals surface area (Å²) in [6.07, 6.45) is 4.01. The lowest BCUT2D eigenvalue weighted by Gasteiger charge is -2.22. The maximum atomic E-state index is 11.9. The lowest BCUT2D eigenvalue weighted by Crippen LogP contribution is -2.36. The van der Waals surface area contributed by atoms with Crippen molar-refractivity contribution in [3.05, 3.63) is 11.9 Å². The number of aromatic nitrogens is 3. The Morgan fingerprint density at radius 3 is 3.22 bits per heavy atom. The molecule has 100 valence electrons. The van der Waals surface area contributed by atoms with Crippen LogP contribution in [0.1, 0.15) is 30.3 Å². The van der Waals surface area contributed by atoms with Crippen LogP contribution in [0.3, 0.4) is 0 Å². The number of carbonyl (C=O) groups excluding carboxylic acids is 1. The third-order valence-corrected chi connectivity index (χ3v) is 4.59. The van der Waals surface area contributed by atoms with Gasteiger partial charge >= 0.3 is 0 Å². The highest BCUT2D eigenvalue weighted by Gasteiger charge is 2.30. The molecule has 1 aliphatic heterocycles. The molecule has 0 aliphatic carbocycles. The lowest BCUT2D eigenvalue weighted by atomic mass is 10.1. The van der Waals surface area contributed by atoms with Crippen LogP contribution in [0, 0.1) is 0 Å². The molecular weight excluding hydrogens is 250 g/mol.